The Kier molecular flexibility index (Phi) is 6.38. The highest BCUT2D eigenvalue weighted by atomic mass is 79.9. The fourth-order valence-corrected chi connectivity index (χ4v) is 2.08. The zero-order chi connectivity index (χ0) is 13.5. The Hall–Kier alpha value is -0.850. The SMILES string of the molecule is CCn1cc(Br)cc1C(=O)NCC(COC)OC. The van der Waals surface area contributed by atoms with Crippen LogP contribution in [0, 0.1) is 0 Å². The van der Waals surface area contributed by atoms with E-state index >= 15 is 0 Å². The first-order chi connectivity index (χ1) is 8.62. The van der Waals surface area contributed by atoms with E-state index in [1.54, 1.807) is 20.3 Å². The van der Waals surface area contributed by atoms with Gasteiger partial charge in [-0.05, 0) is 28.9 Å². The molecule has 1 heterocycles. The number of carbonyl (C=O) groups is 1. The number of amides is 1. The van der Waals surface area contributed by atoms with E-state index in [0.29, 0.717) is 18.8 Å². The maximum atomic E-state index is 12.0. The molecule has 1 aromatic rings. The summed E-state index contributed by atoms with van der Waals surface area (Å²) in [5, 5.41) is 2.84. The third-order valence-corrected chi connectivity index (χ3v) is 3.05. The van der Waals surface area contributed by atoms with Crippen molar-refractivity contribution in [2.75, 3.05) is 27.4 Å². The van der Waals surface area contributed by atoms with Crippen molar-refractivity contribution >= 4 is 21.8 Å². The summed E-state index contributed by atoms with van der Waals surface area (Å²) >= 11 is 3.37. The number of nitrogens with one attached hydrogen (secondary N) is 1. The molecule has 0 radical (unpaired) electrons. The van der Waals surface area contributed by atoms with E-state index in [9.17, 15) is 4.79 Å². The van der Waals surface area contributed by atoms with Gasteiger partial charge in [-0.3, -0.25) is 4.79 Å². The Morgan fingerprint density at radius 3 is 2.83 bits per heavy atom. The predicted molar refractivity (Wildman–Crippen MR) is 72.8 cm³/mol. The summed E-state index contributed by atoms with van der Waals surface area (Å²) in [6.45, 7) is 3.62. The molecule has 1 rings (SSSR count). The number of aryl methyl sites for hydroxylation is 1. The zero-order valence-corrected chi connectivity index (χ0v) is 12.5. The summed E-state index contributed by atoms with van der Waals surface area (Å²) in [4.78, 5) is 12.0. The van der Waals surface area contributed by atoms with Crippen LogP contribution in [0.2, 0.25) is 0 Å². The Balaban J connectivity index is 2.59. The van der Waals surface area contributed by atoms with Crippen LogP contribution in [0.15, 0.2) is 16.7 Å². The van der Waals surface area contributed by atoms with Crippen molar-refractivity contribution < 1.29 is 14.3 Å². The van der Waals surface area contributed by atoms with Crippen molar-refractivity contribution in [3.8, 4) is 0 Å². The topological polar surface area (TPSA) is 52.5 Å². The van der Waals surface area contributed by atoms with Crippen molar-refractivity contribution in [1.29, 1.82) is 0 Å². The average Bonchev–Trinajstić information content (AvgIpc) is 2.75. The molecule has 1 aromatic heterocycles. The molecular formula is C12H19BrN2O3. The molecule has 6 heteroatoms. The second kappa shape index (κ2) is 7.56. The van der Waals surface area contributed by atoms with E-state index in [-0.39, 0.29) is 12.0 Å². The first kappa shape index (κ1) is 15.2. The van der Waals surface area contributed by atoms with Gasteiger partial charge >= 0.3 is 0 Å². The van der Waals surface area contributed by atoms with Crippen LogP contribution in [0.5, 0.6) is 0 Å². The van der Waals surface area contributed by atoms with Crippen LogP contribution >= 0.6 is 15.9 Å². The first-order valence-corrected chi connectivity index (χ1v) is 6.57. The standard InChI is InChI=1S/C12H19BrN2O3/c1-4-15-7-9(13)5-11(15)12(16)14-6-10(18-3)8-17-2/h5,7,10H,4,6,8H2,1-3H3,(H,14,16). The van der Waals surface area contributed by atoms with E-state index in [1.165, 1.54) is 0 Å². The van der Waals surface area contributed by atoms with Gasteiger partial charge in [-0.2, -0.15) is 0 Å². The second-order valence-electron chi connectivity index (χ2n) is 3.85. The van der Waals surface area contributed by atoms with E-state index in [1.807, 2.05) is 17.7 Å². The maximum absolute atomic E-state index is 12.0. The fraction of sp³-hybridized carbons (Fsp3) is 0.583. The van der Waals surface area contributed by atoms with Gasteiger partial charge in [0.1, 0.15) is 5.69 Å². The summed E-state index contributed by atoms with van der Waals surface area (Å²) < 4.78 is 13.0. The largest absolute Gasteiger partial charge is 0.382 e. The van der Waals surface area contributed by atoms with Crippen LogP contribution in [-0.2, 0) is 16.0 Å². The molecule has 0 bridgehead atoms. The highest BCUT2D eigenvalue weighted by Crippen LogP contribution is 2.14. The molecule has 0 aliphatic heterocycles. The van der Waals surface area contributed by atoms with Gasteiger partial charge in [0.25, 0.3) is 5.91 Å². The van der Waals surface area contributed by atoms with Gasteiger partial charge in [-0.25, -0.2) is 0 Å². The van der Waals surface area contributed by atoms with Gasteiger partial charge in [0.15, 0.2) is 0 Å². The molecule has 18 heavy (non-hydrogen) atoms. The number of rotatable bonds is 7. The Morgan fingerprint density at radius 2 is 2.28 bits per heavy atom. The second-order valence-corrected chi connectivity index (χ2v) is 4.77. The van der Waals surface area contributed by atoms with Gasteiger partial charge in [-0.15, -0.1) is 0 Å². The van der Waals surface area contributed by atoms with Gasteiger partial charge < -0.3 is 19.4 Å². The number of carbonyl (C=O) groups excluding carboxylic acids is 1. The van der Waals surface area contributed by atoms with E-state index in [4.69, 9.17) is 9.47 Å². The lowest BCUT2D eigenvalue weighted by molar-refractivity contribution is 0.0284. The van der Waals surface area contributed by atoms with Crippen LogP contribution in [0.1, 0.15) is 17.4 Å². The minimum absolute atomic E-state index is 0.110. The molecule has 1 atom stereocenters. The number of ether oxygens (including phenoxy) is 2. The number of hydrogen-bond acceptors (Lipinski definition) is 3. The molecule has 1 N–H and O–H groups in total. The van der Waals surface area contributed by atoms with Crippen LogP contribution in [0.4, 0.5) is 0 Å². The van der Waals surface area contributed by atoms with Crippen LogP contribution < -0.4 is 5.32 Å². The summed E-state index contributed by atoms with van der Waals surface area (Å²) in [7, 11) is 3.20. The van der Waals surface area contributed by atoms with Gasteiger partial charge in [0.2, 0.25) is 0 Å². The molecule has 102 valence electrons. The molecular weight excluding hydrogens is 300 g/mol. The van der Waals surface area contributed by atoms with Crippen LogP contribution in [0.3, 0.4) is 0 Å². The summed E-state index contributed by atoms with van der Waals surface area (Å²) in [5.41, 5.74) is 0.636. The number of nitrogens with zero attached hydrogens (tertiary/aromatic N) is 1. The number of halogens is 1. The predicted octanol–water partition coefficient (Wildman–Crippen LogP) is 1.66. The summed E-state index contributed by atoms with van der Waals surface area (Å²) in [5.74, 6) is -0.110. The van der Waals surface area contributed by atoms with Crippen molar-refractivity contribution in [2.45, 2.75) is 19.6 Å². The molecule has 0 saturated carbocycles. The molecule has 0 spiro atoms. The molecule has 5 nitrogen and oxygen atoms in total. The quantitative estimate of drug-likeness (QED) is 0.832. The zero-order valence-electron chi connectivity index (χ0n) is 10.9. The lowest BCUT2D eigenvalue weighted by atomic mass is 10.3. The van der Waals surface area contributed by atoms with E-state index < -0.39 is 0 Å². The minimum Gasteiger partial charge on any atom is -0.382 e. The van der Waals surface area contributed by atoms with E-state index in [2.05, 4.69) is 21.2 Å². The van der Waals surface area contributed by atoms with Gasteiger partial charge in [0.05, 0.1) is 12.7 Å². The molecule has 1 unspecified atom stereocenters. The number of hydrogen-bond donors (Lipinski definition) is 1. The van der Waals surface area contributed by atoms with Crippen LogP contribution in [-0.4, -0.2) is 43.9 Å². The number of methoxy groups -OCH3 is 2. The minimum atomic E-state index is -0.132. The maximum Gasteiger partial charge on any atom is 0.268 e. The van der Waals surface area contributed by atoms with Crippen molar-refractivity contribution in [1.82, 2.24) is 9.88 Å². The Labute approximate surface area is 116 Å². The molecule has 0 saturated heterocycles. The number of aromatic nitrogens is 1. The van der Waals surface area contributed by atoms with Gasteiger partial charge in [0, 0.05) is 38.0 Å². The highest BCUT2D eigenvalue weighted by Gasteiger charge is 2.14. The van der Waals surface area contributed by atoms with Crippen LogP contribution in [0.25, 0.3) is 0 Å². The molecule has 0 aliphatic rings. The van der Waals surface area contributed by atoms with Gasteiger partial charge in [-0.1, -0.05) is 0 Å². The first-order valence-electron chi connectivity index (χ1n) is 5.78. The van der Waals surface area contributed by atoms with Crippen molar-refractivity contribution in [2.24, 2.45) is 0 Å². The smallest absolute Gasteiger partial charge is 0.268 e. The summed E-state index contributed by atoms with van der Waals surface area (Å²) in [6.07, 6.45) is 1.75. The Bertz CT molecular complexity index is 393. The van der Waals surface area contributed by atoms with E-state index in [0.717, 1.165) is 11.0 Å². The third-order valence-electron chi connectivity index (χ3n) is 2.61. The third kappa shape index (κ3) is 4.12. The molecule has 0 aliphatic carbocycles. The normalized spacial score (nSPS) is 12.4. The Morgan fingerprint density at radius 1 is 1.56 bits per heavy atom. The molecule has 0 fully saturated rings. The lowest BCUT2D eigenvalue weighted by Crippen LogP contribution is -2.36. The fourth-order valence-electron chi connectivity index (χ4n) is 1.62. The van der Waals surface area contributed by atoms with Crippen molar-refractivity contribution in [3.05, 3.63) is 22.4 Å². The lowest BCUT2D eigenvalue weighted by Gasteiger charge is -2.15. The highest BCUT2D eigenvalue weighted by molar-refractivity contribution is 9.10. The average molecular weight is 319 g/mol. The summed E-state index contributed by atoms with van der Waals surface area (Å²) in [6, 6.07) is 1.80. The molecule has 1 amide bonds. The molecule has 0 aromatic carbocycles. The van der Waals surface area contributed by atoms with Crippen molar-refractivity contribution in [3.63, 3.8) is 0 Å². The monoisotopic (exact) mass is 318 g/mol.